The molecule has 0 radical (unpaired) electrons. The summed E-state index contributed by atoms with van der Waals surface area (Å²) in [6, 6.07) is -0.0234. The molecule has 5 nitrogen and oxygen atoms in total. The van der Waals surface area contributed by atoms with Crippen molar-refractivity contribution in [2.24, 2.45) is 17.3 Å². The Kier molecular flexibility index (Phi) is 6.20. The van der Waals surface area contributed by atoms with E-state index in [0.717, 1.165) is 6.42 Å². The van der Waals surface area contributed by atoms with Gasteiger partial charge >= 0.3 is 0 Å². The number of aliphatic hydroxyl groups is 1. The molecule has 21 heavy (non-hydrogen) atoms. The zero-order valence-electron chi connectivity index (χ0n) is 14.0. The van der Waals surface area contributed by atoms with Crippen molar-refractivity contribution >= 4 is 11.8 Å². The second-order valence-corrected chi connectivity index (χ2v) is 7.43. The van der Waals surface area contributed by atoms with Crippen molar-refractivity contribution in [3.8, 4) is 0 Å². The molecule has 0 bridgehead atoms. The number of amides is 2. The molecule has 0 spiro atoms. The van der Waals surface area contributed by atoms with Gasteiger partial charge in [0.2, 0.25) is 11.8 Å². The molecule has 2 atom stereocenters. The maximum Gasteiger partial charge on any atom is 0.225 e. The third-order valence-electron chi connectivity index (χ3n) is 3.90. The Hall–Kier alpha value is -1.10. The van der Waals surface area contributed by atoms with Gasteiger partial charge in [-0.05, 0) is 18.8 Å². The van der Waals surface area contributed by atoms with Crippen LogP contribution < -0.4 is 5.32 Å². The third kappa shape index (κ3) is 5.30. The molecule has 0 saturated carbocycles. The monoisotopic (exact) mass is 298 g/mol. The number of nitrogens with one attached hydrogen (secondary N) is 1. The van der Waals surface area contributed by atoms with Crippen LogP contribution in [0.25, 0.3) is 0 Å². The van der Waals surface area contributed by atoms with E-state index in [1.54, 1.807) is 0 Å². The van der Waals surface area contributed by atoms with E-state index in [2.05, 4.69) is 5.32 Å². The summed E-state index contributed by atoms with van der Waals surface area (Å²) in [5.74, 6) is 0.329. The van der Waals surface area contributed by atoms with E-state index >= 15 is 0 Å². The van der Waals surface area contributed by atoms with Crippen LogP contribution in [0.1, 0.15) is 47.5 Å². The summed E-state index contributed by atoms with van der Waals surface area (Å²) in [5, 5.41) is 12.2. The number of rotatable bonds is 4. The first-order valence-corrected chi connectivity index (χ1v) is 7.85. The zero-order chi connectivity index (χ0) is 16.2. The number of nitrogens with zero attached hydrogens (tertiary/aromatic N) is 1. The van der Waals surface area contributed by atoms with Crippen LogP contribution in [-0.2, 0) is 9.59 Å². The molecule has 0 aromatic rings. The molecule has 1 heterocycles. The van der Waals surface area contributed by atoms with Gasteiger partial charge in [0.15, 0.2) is 0 Å². The van der Waals surface area contributed by atoms with E-state index in [0.29, 0.717) is 19.5 Å². The van der Waals surface area contributed by atoms with Crippen LogP contribution in [-0.4, -0.2) is 47.6 Å². The van der Waals surface area contributed by atoms with Crippen LogP contribution in [0, 0.1) is 17.3 Å². The maximum atomic E-state index is 12.2. The molecule has 5 heteroatoms. The van der Waals surface area contributed by atoms with Gasteiger partial charge in [-0.15, -0.1) is 0 Å². The van der Waals surface area contributed by atoms with Crippen LogP contribution in [0.3, 0.4) is 0 Å². The molecule has 1 aliphatic rings. The van der Waals surface area contributed by atoms with Gasteiger partial charge in [-0.1, -0.05) is 34.6 Å². The van der Waals surface area contributed by atoms with Crippen molar-refractivity contribution in [2.75, 3.05) is 19.7 Å². The van der Waals surface area contributed by atoms with Gasteiger partial charge in [-0.25, -0.2) is 0 Å². The Morgan fingerprint density at radius 2 is 1.90 bits per heavy atom. The Bertz CT molecular complexity index is 374. The molecule has 122 valence electrons. The van der Waals surface area contributed by atoms with Crippen LogP contribution >= 0.6 is 0 Å². The predicted molar refractivity (Wildman–Crippen MR) is 82.6 cm³/mol. The molecule has 2 N–H and O–H groups in total. The highest BCUT2D eigenvalue weighted by Gasteiger charge is 2.33. The molecule has 1 aliphatic heterocycles. The second-order valence-electron chi connectivity index (χ2n) is 7.43. The van der Waals surface area contributed by atoms with Crippen molar-refractivity contribution < 1.29 is 14.7 Å². The largest absolute Gasteiger partial charge is 0.396 e. The van der Waals surface area contributed by atoms with Gasteiger partial charge < -0.3 is 15.3 Å². The number of carbonyl (C=O) groups is 2. The first kappa shape index (κ1) is 18.0. The molecule has 1 saturated heterocycles. The minimum atomic E-state index is -0.434. The summed E-state index contributed by atoms with van der Waals surface area (Å²) in [6.45, 7) is 10.8. The average Bonchev–Trinajstić information content (AvgIpc) is 2.36. The summed E-state index contributed by atoms with van der Waals surface area (Å²) in [6.07, 6.45) is 1.49. The molecule has 0 aliphatic carbocycles. The number of hydrogen-bond acceptors (Lipinski definition) is 3. The van der Waals surface area contributed by atoms with Gasteiger partial charge in [-0.3, -0.25) is 9.59 Å². The average molecular weight is 298 g/mol. The summed E-state index contributed by atoms with van der Waals surface area (Å²) >= 11 is 0. The normalized spacial score (nSPS) is 23.3. The van der Waals surface area contributed by atoms with Crippen molar-refractivity contribution in [1.29, 1.82) is 0 Å². The molecule has 1 rings (SSSR count). The number of likely N-dealkylation sites (tertiary alicyclic amines) is 1. The number of piperidine rings is 1. The van der Waals surface area contributed by atoms with Gasteiger partial charge in [0.05, 0.1) is 0 Å². The standard InChI is InChI=1S/C16H30N2O3/c1-11(2)14(20)18-9-12(6-7-19)8-13(10-18)17-15(21)16(3,4)5/h11-13,19H,6-10H2,1-5H3,(H,17,21). The van der Waals surface area contributed by atoms with E-state index < -0.39 is 5.41 Å². The van der Waals surface area contributed by atoms with Gasteiger partial charge in [0, 0.05) is 37.1 Å². The molecule has 2 amide bonds. The molecular formula is C16H30N2O3. The van der Waals surface area contributed by atoms with Crippen molar-refractivity contribution in [1.82, 2.24) is 10.2 Å². The third-order valence-corrected chi connectivity index (χ3v) is 3.90. The summed E-state index contributed by atoms with van der Waals surface area (Å²) in [4.78, 5) is 26.2. The van der Waals surface area contributed by atoms with Crippen LogP contribution in [0.15, 0.2) is 0 Å². The van der Waals surface area contributed by atoms with Gasteiger partial charge in [0.1, 0.15) is 0 Å². The maximum absolute atomic E-state index is 12.2. The first-order chi connectivity index (χ1) is 9.65. The van der Waals surface area contributed by atoms with E-state index in [-0.39, 0.29) is 36.3 Å². The van der Waals surface area contributed by atoms with E-state index in [1.807, 2.05) is 39.5 Å². The van der Waals surface area contributed by atoms with E-state index in [1.165, 1.54) is 0 Å². The second kappa shape index (κ2) is 7.25. The number of aliphatic hydroxyl groups excluding tert-OH is 1. The van der Waals surface area contributed by atoms with Crippen molar-refractivity contribution in [3.63, 3.8) is 0 Å². The quantitative estimate of drug-likeness (QED) is 0.824. The fourth-order valence-electron chi connectivity index (χ4n) is 2.65. The Labute approximate surface area is 128 Å². The lowest BCUT2D eigenvalue weighted by molar-refractivity contribution is -0.138. The Morgan fingerprint density at radius 3 is 2.38 bits per heavy atom. The summed E-state index contributed by atoms with van der Waals surface area (Å²) < 4.78 is 0. The lowest BCUT2D eigenvalue weighted by Gasteiger charge is -2.39. The van der Waals surface area contributed by atoms with Gasteiger partial charge in [-0.2, -0.15) is 0 Å². The van der Waals surface area contributed by atoms with Gasteiger partial charge in [0.25, 0.3) is 0 Å². The van der Waals surface area contributed by atoms with Crippen LogP contribution in [0.2, 0.25) is 0 Å². The highest BCUT2D eigenvalue weighted by Crippen LogP contribution is 2.23. The molecule has 0 aromatic heterocycles. The topological polar surface area (TPSA) is 69.6 Å². The fraction of sp³-hybridized carbons (Fsp3) is 0.875. The lowest BCUT2D eigenvalue weighted by atomic mass is 9.89. The van der Waals surface area contributed by atoms with Crippen molar-refractivity contribution in [3.05, 3.63) is 0 Å². The Balaban J connectivity index is 2.74. The molecule has 2 unspecified atom stereocenters. The number of carbonyl (C=O) groups excluding carboxylic acids is 2. The lowest BCUT2D eigenvalue weighted by Crippen LogP contribution is -2.55. The Morgan fingerprint density at radius 1 is 1.29 bits per heavy atom. The molecule has 1 fully saturated rings. The predicted octanol–water partition coefficient (Wildman–Crippen LogP) is 1.40. The fourth-order valence-corrected chi connectivity index (χ4v) is 2.65. The zero-order valence-corrected chi connectivity index (χ0v) is 14.0. The minimum absolute atomic E-state index is 0.00842. The van der Waals surface area contributed by atoms with E-state index in [9.17, 15) is 9.59 Å². The highest BCUT2D eigenvalue weighted by atomic mass is 16.3. The first-order valence-electron chi connectivity index (χ1n) is 7.85. The SMILES string of the molecule is CC(C)C(=O)N1CC(CCO)CC(NC(=O)C(C)(C)C)C1. The van der Waals surface area contributed by atoms with Crippen molar-refractivity contribution in [2.45, 2.75) is 53.5 Å². The van der Waals surface area contributed by atoms with E-state index in [4.69, 9.17) is 5.11 Å². The molecular weight excluding hydrogens is 268 g/mol. The smallest absolute Gasteiger partial charge is 0.225 e. The minimum Gasteiger partial charge on any atom is -0.396 e. The van der Waals surface area contributed by atoms with Crippen LogP contribution in [0.4, 0.5) is 0 Å². The highest BCUT2D eigenvalue weighted by molar-refractivity contribution is 5.82. The van der Waals surface area contributed by atoms with Crippen LogP contribution in [0.5, 0.6) is 0 Å². The number of hydrogen-bond donors (Lipinski definition) is 2. The summed E-state index contributed by atoms with van der Waals surface area (Å²) in [7, 11) is 0. The summed E-state index contributed by atoms with van der Waals surface area (Å²) in [5.41, 5.74) is -0.434. The molecule has 0 aromatic carbocycles.